The molecule has 0 saturated heterocycles. The van der Waals surface area contributed by atoms with E-state index in [1.807, 2.05) is 42.5 Å². The number of nitrogens with zero attached hydrogens (tertiary/aromatic N) is 2. The predicted octanol–water partition coefficient (Wildman–Crippen LogP) is 4.19. The van der Waals surface area contributed by atoms with Crippen LogP contribution < -0.4 is 5.32 Å². The molecule has 1 aliphatic rings. The van der Waals surface area contributed by atoms with Crippen LogP contribution in [0.4, 0.5) is 5.69 Å². The van der Waals surface area contributed by atoms with Crippen LogP contribution >= 0.6 is 0 Å². The van der Waals surface area contributed by atoms with Crippen LogP contribution in [0.3, 0.4) is 0 Å². The maximum absolute atomic E-state index is 12.3. The van der Waals surface area contributed by atoms with E-state index in [1.54, 1.807) is 0 Å². The molecule has 0 bridgehead atoms. The number of fused-ring (bicyclic) bond motifs is 1. The normalized spacial score (nSPS) is 13.2. The lowest BCUT2D eigenvalue weighted by atomic mass is 9.90. The van der Waals surface area contributed by atoms with Gasteiger partial charge >= 0.3 is 0 Å². The zero-order valence-electron chi connectivity index (χ0n) is 14.6. The Kier molecular flexibility index (Phi) is 4.78. The molecule has 5 heteroatoms. The molecular formula is C21H21N3O2. The van der Waals surface area contributed by atoms with Crippen LogP contribution in [0, 0.1) is 0 Å². The highest BCUT2D eigenvalue weighted by atomic mass is 16.5. The third kappa shape index (κ3) is 3.67. The summed E-state index contributed by atoms with van der Waals surface area (Å²) in [5, 5.41) is 7.04. The average Bonchev–Trinajstić information content (AvgIpc) is 3.17. The maximum atomic E-state index is 12.3. The lowest BCUT2D eigenvalue weighted by molar-refractivity contribution is -0.116. The molecule has 5 nitrogen and oxygen atoms in total. The summed E-state index contributed by atoms with van der Waals surface area (Å²) in [6.07, 6.45) is 5.30. The summed E-state index contributed by atoms with van der Waals surface area (Å²) >= 11 is 0. The van der Waals surface area contributed by atoms with Crippen molar-refractivity contribution >= 4 is 11.6 Å². The Balaban J connectivity index is 1.37. The van der Waals surface area contributed by atoms with Crippen LogP contribution in [0.15, 0.2) is 53.1 Å². The second kappa shape index (κ2) is 7.52. The first-order chi connectivity index (χ1) is 12.8. The first-order valence-corrected chi connectivity index (χ1v) is 9.08. The molecule has 4 rings (SSSR count). The van der Waals surface area contributed by atoms with Crippen LogP contribution in [0.25, 0.3) is 11.4 Å². The number of hydrogen-bond donors (Lipinski definition) is 1. The summed E-state index contributed by atoms with van der Waals surface area (Å²) in [5.74, 6) is 1.01. The molecule has 2 aromatic carbocycles. The number of nitrogens with one attached hydrogen (secondary N) is 1. The molecule has 0 fully saturated rings. The van der Waals surface area contributed by atoms with Crippen LogP contribution in [0.1, 0.15) is 36.3 Å². The molecule has 0 spiro atoms. The van der Waals surface area contributed by atoms with E-state index in [0.717, 1.165) is 24.1 Å². The van der Waals surface area contributed by atoms with Gasteiger partial charge in [-0.3, -0.25) is 4.79 Å². The number of anilines is 1. The van der Waals surface area contributed by atoms with Gasteiger partial charge in [-0.05, 0) is 42.9 Å². The quantitative estimate of drug-likeness (QED) is 0.751. The molecule has 1 aromatic heterocycles. The second-order valence-corrected chi connectivity index (χ2v) is 6.58. The SMILES string of the molecule is O=C(CCc1nc(-c2ccccc2)no1)Nc1cccc2c1CCCC2. The van der Waals surface area contributed by atoms with E-state index in [2.05, 4.69) is 21.5 Å². The summed E-state index contributed by atoms with van der Waals surface area (Å²) in [4.78, 5) is 16.7. The van der Waals surface area contributed by atoms with E-state index in [-0.39, 0.29) is 5.91 Å². The fourth-order valence-corrected chi connectivity index (χ4v) is 3.39. The molecule has 0 atom stereocenters. The minimum atomic E-state index is -0.0246. The highest BCUT2D eigenvalue weighted by Crippen LogP contribution is 2.28. The Labute approximate surface area is 152 Å². The molecule has 0 unspecified atom stereocenters. The van der Waals surface area contributed by atoms with E-state index < -0.39 is 0 Å². The van der Waals surface area contributed by atoms with Gasteiger partial charge in [-0.2, -0.15) is 4.98 Å². The number of hydrogen-bond acceptors (Lipinski definition) is 4. The van der Waals surface area contributed by atoms with Crippen LogP contribution in [0.2, 0.25) is 0 Å². The Morgan fingerprint density at radius 1 is 1.04 bits per heavy atom. The van der Waals surface area contributed by atoms with Gasteiger partial charge in [-0.15, -0.1) is 0 Å². The fraction of sp³-hybridized carbons (Fsp3) is 0.286. The summed E-state index contributed by atoms with van der Waals surface area (Å²) in [6, 6.07) is 15.8. The Morgan fingerprint density at radius 2 is 1.88 bits per heavy atom. The van der Waals surface area contributed by atoms with Gasteiger partial charge in [0.25, 0.3) is 0 Å². The standard InChI is InChI=1S/C21H21N3O2/c25-19(22-18-12-6-10-15-7-4-5-11-17(15)18)13-14-20-23-21(24-26-20)16-8-2-1-3-9-16/h1-3,6,8-10,12H,4-5,7,11,13-14H2,(H,22,25). The number of benzene rings is 2. The minimum absolute atomic E-state index is 0.0246. The smallest absolute Gasteiger partial charge is 0.227 e. The predicted molar refractivity (Wildman–Crippen MR) is 99.8 cm³/mol. The fourth-order valence-electron chi connectivity index (χ4n) is 3.39. The van der Waals surface area contributed by atoms with E-state index >= 15 is 0 Å². The summed E-state index contributed by atoms with van der Waals surface area (Å²) in [7, 11) is 0. The zero-order valence-corrected chi connectivity index (χ0v) is 14.6. The molecule has 1 aliphatic carbocycles. The van der Waals surface area contributed by atoms with Gasteiger partial charge in [0.1, 0.15) is 0 Å². The zero-order chi connectivity index (χ0) is 17.8. The van der Waals surface area contributed by atoms with E-state index in [0.29, 0.717) is 24.6 Å². The van der Waals surface area contributed by atoms with Gasteiger partial charge in [0.15, 0.2) is 0 Å². The lowest BCUT2D eigenvalue weighted by Crippen LogP contribution is -2.15. The van der Waals surface area contributed by atoms with Crippen molar-refractivity contribution in [1.82, 2.24) is 10.1 Å². The van der Waals surface area contributed by atoms with Crippen molar-refractivity contribution in [2.45, 2.75) is 38.5 Å². The van der Waals surface area contributed by atoms with Gasteiger partial charge in [0.05, 0.1) is 0 Å². The summed E-state index contributed by atoms with van der Waals surface area (Å²) < 4.78 is 5.27. The summed E-state index contributed by atoms with van der Waals surface area (Å²) in [6.45, 7) is 0. The molecule has 26 heavy (non-hydrogen) atoms. The van der Waals surface area contributed by atoms with Crippen LogP contribution in [-0.4, -0.2) is 16.0 Å². The highest BCUT2D eigenvalue weighted by Gasteiger charge is 2.15. The highest BCUT2D eigenvalue weighted by molar-refractivity contribution is 5.91. The monoisotopic (exact) mass is 347 g/mol. The molecule has 132 valence electrons. The second-order valence-electron chi connectivity index (χ2n) is 6.58. The van der Waals surface area contributed by atoms with E-state index in [4.69, 9.17) is 4.52 Å². The lowest BCUT2D eigenvalue weighted by Gasteiger charge is -2.19. The van der Waals surface area contributed by atoms with Crippen molar-refractivity contribution in [2.24, 2.45) is 0 Å². The molecule has 3 aromatic rings. The third-order valence-corrected chi connectivity index (χ3v) is 4.74. The number of rotatable bonds is 5. The van der Waals surface area contributed by atoms with Gasteiger partial charge in [-0.25, -0.2) is 0 Å². The molecule has 1 N–H and O–H groups in total. The first-order valence-electron chi connectivity index (χ1n) is 9.08. The van der Waals surface area contributed by atoms with Gasteiger partial charge in [0.2, 0.25) is 17.6 Å². The average molecular weight is 347 g/mol. The number of carbonyl (C=O) groups is 1. The molecule has 0 saturated carbocycles. The number of aryl methyl sites for hydroxylation is 2. The van der Waals surface area contributed by atoms with Crippen molar-refractivity contribution in [1.29, 1.82) is 0 Å². The molecule has 1 amide bonds. The molecule has 0 aliphatic heterocycles. The number of aromatic nitrogens is 2. The largest absolute Gasteiger partial charge is 0.339 e. The molecule has 0 radical (unpaired) electrons. The Bertz CT molecular complexity index is 903. The maximum Gasteiger partial charge on any atom is 0.227 e. The van der Waals surface area contributed by atoms with Gasteiger partial charge < -0.3 is 9.84 Å². The molecule has 1 heterocycles. The number of carbonyl (C=O) groups excluding carboxylic acids is 1. The van der Waals surface area contributed by atoms with Crippen molar-refractivity contribution in [2.75, 3.05) is 5.32 Å². The first kappa shape index (κ1) is 16.5. The van der Waals surface area contributed by atoms with Crippen molar-refractivity contribution in [3.05, 3.63) is 65.5 Å². The van der Waals surface area contributed by atoms with E-state index in [9.17, 15) is 4.79 Å². The van der Waals surface area contributed by atoms with Gasteiger partial charge in [-0.1, -0.05) is 47.6 Å². The third-order valence-electron chi connectivity index (χ3n) is 4.74. The molecular weight excluding hydrogens is 326 g/mol. The van der Waals surface area contributed by atoms with E-state index in [1.165, 1.54) is 24.0 Å². The van der Waals surface area contributed by atoms with Crippen molar-refractivity contribution in [3.63, 3.8) is 0 Å². The Hall–Kier alpha value is -2.95. The summed E-state index contributed by atoms with van der Waals surface area (Å²) in [5.41, 5.74) is 4.50. The van der Waals surface area contributed by atoms with Gasteiger partial charge in [0, 0.05) is 24.1 Å². The number of amides is 1. The minimum Gasteiger partial charge on any atom is -0.339 e. The van der Waals surface area contributed by atoms with Crippen LogP contribution in [0.5, 0.6) is 0 Å². The topological polar surface area (TPSA) is 68.0 Å². The van der Waals surface area contributed by atoms with Crippen LogP contribution in [-0.2, 0) is 24.1 Å². The Morgan fingerprint density at radius 3 is 2.77 bits per heavy atom. The van der Waals surface area contributed by atoms with Crippen molar-refractivity contribution < 1.29 is 9.32 Å². The van der Waals surface area contributed by atoms with Crippen molar-refractivity contribution in [3.8, 4) is 11.4 Å².